The summed E-state index contributed by atoms with van der Waals surface area (Å²) in [5.74, 6) is 0.892. The molecule has 84 valence electrons. The third-order valence-corrected chi connectivity index (χ3v) is 2.69. The lowest BCUT2D eigenvalue weighted by Crippen LogP contribution is -2.34. The zero-order valence-corrected chi connectivity index (χ0v) is 9.72. The van der Waals surface area contributed by atoms with Crippen molar-refractivity contribution in [1.82, 2.24) is 5.32 Å². The zero-order valence-electron chi connectivity index (χ0n) is 9.72. The van der Waals surface area contributed by atoms with Crippen molar-refractivity contribution in [2.75, 3.05) is 19.8 Å². The van der Waals surface area contributed by atoms with Gasteiger partial charge in [0.25, 0.3) is 0 Å². The van der Waals surface area contributed by atoms with Crippen molar-refractivity contribution in [3.63, 3.8) is 0 Å². The minimum atomic E-state index is 0.582. The van der Waals surface area contributed by atoms with Gasteiger partial charge in [0.1, 0.15) is 0 Å². The molecule has 0 aromatic rings. The molecule has 1 atom stereocenters. The topological polar surface area (TPSA) is 21.3 Å². The van der Waals surface area contributed by atoms with Gasteiger partial charge in [-0.2, -0.15) is 0 Å². The summed E-state index contributed by atoms with van der Waals surface area (Å²) in [6.07, 6.45) is 6.48. The molecule has 0 saturated heterocycles. The molecule has 1 aliphatic rings. The van der Waals surface area contributed by atoms with Crippen LogP contribution in [0.1, 0.15) is 46.0 Å². The summed E-state index contributed by atoms with van der Waals surface area (Å²) in [6, 6.07) is 0.582. The molecular weight excluding hydrogens is 174 g/mol. The Morgan fingerprint density at radius 2 is 2.07 bits per heavy atom. The fourth-order valence-corrected chi connectivity index (χ4v) is 1.60. The molecule has 2 nitrogen and oxygen atoms in total. The van der Waals surface area contributed by atoms with Crippen molar-refractivity contribution in [3.8, 4) is 0 Å². The van der Waals surface area contributed by atoms with Gasteiger partial charge in [-0.05, 0) is 38.1 Å². The van der Waals surface area contributed by atoms with Gasteiger partial charge in [0.05, 0.1) is 6.61 Å². The van der Waals surface area contributed by atoms with E-state index in [0.717, 1.165) is 25.7 Å². The highest BCUT2D eigenvalue weighted by Gasteiger charge is 2.21. The molecule has 0 heterocycles. The van der Waals surface area contributed by atoms with Crippen molar-refractivity contribution < 1.29 is 4.74 Å². The lowest BCUT2D eigenvalue weighted by atomic mass is 10.2. The first-order valence-electron chi connectivity index (χ1n) is 6.18. The summed E-state index contributed by atoms with van der Waals surface area (Å²) in [5.41, 5.74) is 0. The number of hydrogen-bond acceptors (Lipinski definition) is 2. The van der Waals surface area contributed by atoms with Crippen LogP contribution in [0.2, 0.25) is 0 Å². The molecule has 1 N–H and O–H groups in total. The fraction of sp³-hybridized carbons (Fsp3) is 1.00. The van der Waals surface area contributed by atoms with Gasteiger partial charge in [0.2, 0.25) is 0 Å². The van der Waals surface area contributed by atoms with Crippen LogP contribution >= 0.6 is 0 Å². The lowest BCUT2D eigenvalue weighted by molar-refractivity contribution is 0.100. The van der Waals surface area contributed by atoms with E-state index >= 15 is 0 Å². The van der Waals surface area contributed by atoms with Crippen molar-refractivity contribution >= 4 is 0 Å². The molecule has 0 radical (unpaired) electrons. The van der Waals surface area contributed by atoms with Crippen molar-refractivity contribution in [2.24, 2.45) is 5.92 Å². The van der Waals surface area contributed by atoms with E-state index in [0.29, 0.717) is 6.04 Å². The fourth-order valence-electron chi connectivity index (χ4n) is 1.60. The monoisotopic (exact) mass is 199 g/mol. The summed E-state index contributed by atoms with van der Waals surface area (Å²) in [7, 11) is 0. The van der Waals surface area contributed by atoms with E-state index in [2.05, 4.69) is 19.2 Å². The molecule has 1 fully saturated rings. The maximum atomic E-state index is 5.71. The second-order valence-electron chi connectivity index (χ2n) is 4.42. The van der Waals surface area contributed by atoms with Crippen LogP contribution in [-0.2, 0) is 4.74 Å². The molecule has 0 aromatic carbocycles. The summed E-state index contributed by atoms with van der Waals surface area (Å²) >= 11 is 0. The summed E-state index contributed by atoms with van der Waals surface area (Å²) in [6.45, 7) is 7.47. The van der Waals surface area contributed by atoms with Gasteiger partial charge in [-0.15, -0.1) is 0 Å². The molecule has 0 amide bonds. The minimum Gasteiger partial charge on any atom is -0.380 e. The molecule has 1 rings (SSSR count). The Balaban J connectivity index is 1.99. The molecular formula is C12H25NO. The first-order valence-corrected chi connectivity index (χ1v) is 6.18. The van der Waals surface area contributed by atoms with Gasteiger partial charge >= 0.3 is 0 Å². The number of rotatable bonds is 9. The van der Waals surface area contributed by atoms with Crippen LogP contribution < -0.4 is 5.32 Å². The highest BCUT2D eigenvalue weighted by Crippen LogP contribution is 2.28. The quantitative estimate of drug-likeness (QED) is 0.616. The van der Waals surface area contributed by atoms with Crippen molar-refractivity contribution in [2.45, 2.75) is 52.0 Å². The van der Waals surface area contributed by atoms with Crippen LogP contribution in [0.3, 0.4) is 0 Å². The standard InChI is InChI=1S/C12H25NO/c1-3-5-12(13-8-4-2)10-14-9-11-6-7-11/h11-13H,3-10H2,1-2H3. The lowest BCUT2D eigenvalue weighted by Gasteiger charge is -2.17. The van der Waals surface area contributed by atoms with Crippen LogP contribution in [0.25, 0.3) is 0 Å². The Labute approximate surface area is 88.4 Å². The Morgan fingerprint density at radius 3 is 2.64 bits per heavy atom. The van der Waals surface area contributed by atoms with E-state index in [4.69, 9.17) is 4.74 Å². The Hall–Kier alpha value is -0.0800. The first-order chi connectivity index (χ1) is 6.86. The molecule has 1 aliphatic carbocycles. The number of hydrogen-bond donors (Lipinski definition) is 1. The van der Waals surface area contributed by atoms with E-state index < -0.39 is 0 Å². The zero-order chi connectivity index (χ0) is 10.2. The van der Waals surface area contributed by atoms with Gasteiger partial charge in [0, 0.05) is 12.6 Å². The number of ether oxygens (including phenoxy) is 1. The van der Waals surface area contributed by atoms with Gasteiger partial charge in [-0.3, -0.25) is 0 Å². The Morgan fingerprint density at radius 1 is 1.29 bits per heavy atom. The van der Waals surface area contributed by atoms with Crippen LogP contribution in [0.5, 0.6) is 0 Å². The second kappa shape index (κ2) is 7.24. The van der Waals surface area contributed by atoms with E-state index in [1.165, 1.54) is 32.1 Å². The normalized spacial score (nSPS) is 18.4. The van der Waals surface area contributed by atoms with Crippen LogP contribution in [0.15, 0.2) is 0 Å². The Kier molecular flexibility index (Phi) is 6.20. The van der Waals surface area contributed by atoms with E-state index in [1.807, 2.05) is 0 Å². The van der Waals surface area contributed by atoms with Gasteiger partial charge in [-0.25, -0.2) is 0 Å². The summed E-state index contributed by atoms with van der Waals surface area (Å²) < 4.78 is 5.71. The predicted octanol–water partition coefficient (Wildman–Crippen LogP) is 2.58. The Bertz CT molecular complexity index is 134. The smallest absolute Gasteiger partial charge is 0.0619 e. The first kappa shape index (κ1) is 12.0. The molecule has 0 aromatic heterocycles. The van der Waals surface area contributed by atoms with Crippen LogP contribution in [0.4, 0.5) is 0 Å². The van der Waals surface area contributed by atoms with Crippen molar-refractivity contribution in [3.05, 3.63) is 0 Å². The molecule has 0 spiro atoms. The molecule has 0 aliphatic heterocycles. The van der Waals surface area contributed by atoms with E-state index in [-0.39, 0.29) is 0 Å². The highest BCUT2D eigenvalue weighted by atomic mass is 16.5. The average Bonchev–Trinajstić information content (AvgIpc) is 2.98. The minimum absolute atomic E-state index is 0.582. The molecule has 1 unspecified atom stereocenters. The van der Waals surface area contributed by atoms with Crippen molar-refractivity contribution in [1.29, 1.82) is 0 Å². The SMILES string of the molecule is CCCNC(CCC)COCC1CC1. The summed E-state index contributed by atoms with van der Waals surface area (Å²) in [5, 5.41) is 3.54. The van der Waals surface area contributed by atoms with Gasteiger partial charge in [-0.1, -0.05) is 20.3 Å². The third-order valence-electron chi connectivity index (χ3n) is 2.69. The van der Waals surface area contributed by atoms with E-state index in [9.17, 15) is 0 Å². The molecule has 14 heavy (non-hydrogen) atoms. The molecule has 1 saturated carbocycles. The highest BCUT2D eigenvalue weighted by molar-refractivity contribution is 4.73. The molecule has 0 bridgehead atoms. The maximum absolute atomic E-state index is 5.71. The van der Waals surface area contributed by atoms with Gasteiger partial charge < -0.3 is 10.1 Å². The third kappa shape index (κ3) is 5.61. The largest absolute Gasteiger partial charge is 0.380 e. The summed E-state index contributed by atoms with van der Waals surface area (Å²) in [4.78, 5) is 0. The van der Waals surface area contributed by atoms with Gasteiger partial charge in [0.15, 0.2) is 0 Å². The van der Waals surface area contributed by atoms with E-state index in [1.54, 1.807) is 0 Å². The second-order valence-corrected chi connectivity index (χ2v) is 4.42. The number of nitrogens with one attached hydrogen (secondary N) is 1. The average molecular weight is 199 g/mol. The van der Waals surface area contributed by atoms with Crippen LogP contribution in [-0.4, -0.2) is 25.8 Å². The predicted molar refractivity (Wildman–Crippen MR) is 60.5 cm³/mol. The van der Waals surface area contributed by atoms with Crippen LogP contribution in [0, 0.1) is 5.92 Å². The molecule has 2 heteroatoms. The maximum Gasteiger partial charge on any atom is 0.0619 e.